The number of nitro groups is 1. The third-order valence-electron chi connectivity index (χ3n) is 2.14. The maximum Gasteiger partial charge on any atom is 0.275 e. The van der Waals surface area contributed by atoms with Crippen molar-refractivity contribution in [1.82, 2.24) is 5.32 Å². The fraction of sp³-hybridized carbons (Fsp3) is 0.200. The van der Waals surface area contributed by atoms with Crippen LogP contribution in [0.15, 0.2) is 23.4 Å². The van der Waals surface area contributed by atoms with Crippen molar-refractivity contribution in [2.45, 2.75) is 13.5 Å². The molecule has 18 heavy (non-hydrogen) atoms. The van der Waals surface area contributed by atoms with Crippen LogP contribution in [0, 0.1) is 10.1 Å². The Morgan fingerprint density at radius 1 is 1.61 bits per heavy atom. The Morgan fingerprint density at radius 2 is 2.28 bits per heavy atom. The third kappa shape index (κ3) is 3.42. The summed E-state index contributed by atoms with van der Waals surface area (Å²) in [6.07, 6.45) is 0. The second kappa shape index (κ2) is 5.97. The van der Waals surface area contributed by atoms with Crippen LogP contribution in [0.5, 0.6) is 0 Å². The highest BCUT2D eigenvalue weighted by molar-refractivity contribution is 6.69. The topological polar surface area (TPSA) is 105 Å². The lowest BCUT2D eigenvalue weighted by atomic mass is 10.1. The van der Waals surface area contributed by atoms with Crippen LogP contribution in [0.1, 0.15) is 18.1 Å². The van der Waals surface area contributed by atoms with Gasteiger partial charge in [-0.2, -0.15) is 0 Å². The lowest BCUT2D eigenvalue weighted by Gasteiger charge is -2.05. The minimum absolute atomic E-state index is 0.0415. The van der Waals surface area contributed by atoms with Crippen molar-refractivity contribution in [3.8, 4) is 0 Å². The number of nitrogens with zero attached hydrogens (tertiary/aromatic N) is 2. The number of carbonyl (C=O) groups excluding carboxylic acids is 1. The molecule has 0 fully saturated rings. The van der Waals surface area contributed by atoms with Crippen LogP contribution in [0.2, 0.25) is 0 Å². The zero-order chi connectivity index (χ0) is 13.7. The minimum atomic E-state index is -0.595. The van der Waals surface area contributed by atoms with Gasteiger partial charge in [0.25, 0.3) is 5.69 Å². The molecule has 0 aliphatic carbocycles. The molecule has 0 bridgehead atoms. The zero-order valence-electron chi connectivity index (χ0n) is 9.38. The van der Waals surface area contributed by atoms with E-state index < -0.39 is 4.92 Å². The first-order chi connectivity index (χ1) is 8.45. The fourth-order valence-electron chi connectivity index (χ4n) is 1.29. The largest absolute Gasteiger partial charge is 0.410 e. The van der Waals surface area contributed by atoms with Crippen LogP contribution in [0.4, 0.5) is 5.69 Å². The second-order valence-corrected chi connectivity index (χ2v) is 3.76. The molecule has 0 heterocycles. The quantitative estimate of drug-likeness (QED) is 0.375. The molecule has 1 aromatic rings. The van der Waals surface area contributed by atoms with Gasteiger partial charge in [0.15, 0.2) is 5.17 Å². The van der Waals surface area contributed by atoms with Crippen molar-refractivity contribution in [1.29, 1.82) is 0 Å². The average Bonchev–Trinajstić information content (AvgIpc) is 2.34. The van der Waals surface area contributed by atoms with E-state index in [1.165, 1.54) is 25.1 Å². The molecule has 0 atom stereocenters. The van der Waals surface area contributed by atoms with E-state index in [0.717, 1.165) is 0 Å². The molecule has 7 nitrogen and oxygen atoms in total. The van der Waals surface area contributed by atoms with E-state index in [-0.39, 0.29) is 28.9 Å². The molecule has 0 aromatic heterocycles. The van der Waals surface area contributed by atoms with Gasteiger partial charge in [0.1, 0.15) is 0 Å². The van der Waals surface area contributed by atoms with E-state index in [1.807, 2.05) is 0 Å². The van der Waals surface area contributed by atoms with Crippen LogP contribution in [0.3, 0.4) is 0 Å². The summed E-state index contributed by atoms with van der Waals surface area (Å²) in [6, 6.07) is 4.09. The summed E-state index contributed by atoms with van der Waals surface area (Å²) in [6.45, 7) is 1.36. The van der Waals surface area contributed by atoms with Gasteiger partial charge in [-0.1, -0.05) is 22.8 Å². The Bertz CT molecular complexity index is 516. The van der Waals surface area contributed by atoms with Crippen LogP contribution >= 0.6 is 11.6 Å². The maximum atomic E-state index is 10.9. The molecule has 0 saturated carbocycles. The summed E-state index contributed by atoms with van der Waals surface area (Å²) < 4.78 is 0. The zero-order valence-corrected chi connectivity index (χ0v) is 10.1. The lowest BCUT2D eigenvalue weighted by molar-refractivity contribution is -0.385. The molecule has 0 radical (unpaired) electrons. The van der Waals surface area contributed by atoms with Gasteiger partial charge >= 0.3 is 0 Å². The molecule has 8 heteroatoms. The molecule has 0 spiro atoms. The predicted molar refractivity (Wildman–Crippen MR) is 64.8 cm³/mol. The van der Waals surface area contributed by atoms with Crippen molar-refractivity contribution >= 4 is 28.4 Å². The molecule has 0 aliphatic rings. The molecule has 1 amide bonds. The summed E-state index contributed by atoms with van der Waals surface area (Å²) in [4.78, 5) is 21.0. The molecular formula is C10H10ClN3O4. The molecular weight excluding hydrogens is 262 g/mol. The number of amides is 1. The van der Waals surface area contributed by atoms with E-state index in [0.29, 0.717) is 5.56 Å². The Kier molecular flexibility index (Phi) is 4.61. The van der Waals surface area contributed by atoms with Gasteiger partial charge in [-0.15, -0.1) is 0 Å². The first kappa shape index (κ1) is 13.9. The number of nitro benzene ring substituents is 1. The van der Waals surface area contributed by atoms with Gasteiger partial charge in [-0.05, 0) is 6.07 Å². The molecule has 1 rings (SSSR count). The predicted octanol–water partition coefficient (Wildman–Crippen LogP) is 1.61. The number of oxime groups is 1. The fourth-order valence-corrected chi connectivity index (χ4v) is 1.41. The SMILES string of the molecule is CC(=O)NCc1ccc(C(Cl)=NO)cc1[N+](=O)[O-]. The smallest absolute Gasteiger partial charge is 0.275 e. The number of carbonyl (C=O) groups is 1. The molecule has 96 valence electrons. The Balaban J connectivity index is 3.12. The van der Waals surface area contributed by atoms with E-state index in [4.69, 9.17) is 16.8 Å². The van der Waals surface area contributed by atoms with Gasteiger partial charge in [0.2, 0.25) is 5.91 Å². The van der Waals surface area contributed by atoms with Crippen LogP contribution in [-0.2, 0) is 11.3 Å². The van der Waals surface area contributed by atoms with E-state index in [2.05, 4.69) is 10.5 Å². The molecule has 0 aliphatic heterocycles. The van der Waals surface area contributed by atoms with Gasteiger partial charge in [0, 0.05) is 30.7 Å². The van der Waals surface area contributed by atoms with E-state index in [1.54, 1.807) is 0 Å². The highest BCUT2D eigenvalue weighted by atomic mass is 35.5. The van der Waals surface area contributed by atoms with Crippen molar-refractivity contribution in [3.05, 3.63) is 39.4 Å². The number of nitrogens with one attached hydrogen (secondary N) is 1. The maximum absolute atomic E-state index is 10.9. The lowest BCUT2D eigenvalue weighted by Crippen LogP contribution is -2.19. The number of hydrogen-bond donors (Lipinski definition) is 2. The standard InChI is InChI=1S/C10H10ClN3O4/c1-6(15)12-5-8-3-2-7(10(11)13-16)4-9(8)14(17)18/h2-4,16H,5H2,1H3,(H,12,15). The first-order valence-electron chi connectivity index (χ1n) is 4.85. The number of benzene rings is 1. The number of halogens is 1. The van der Waals surface area contributed by atoms with Crippen molar-refractivity contribution in [2.75, 3.05) is 0 Å². The van der Waals surface area contributed by atoms with Crippen molar-refractivity contribution in [3.63, 3.8) is 0 Å². The van der Waals surface area contributed by atoms with Gasteiger partial charge in [-0.25, -0.2) is 0 Å². The van der Waals surface area contributed by atoms with Crippen LogP contribution in [0.25, 0.3) is 0 Å². The van der Waals surface area contributed by atoms with Gasteiger partial charge in [0.05, 0.1) is 4.92 Å². The summed E-state index contributed by atoms with van der Waals surface area (Å²) in [5.74, 6) is -0.289. The summed E-state index contributed by atoms with van der Waals surface area (Å²) in [7, 11) is 0. The van der Waals surface area contributed by atoms with E-state index in [9.17, 15) is 14.9 Å². The molecule has 0 saturated heterocycles. The Morgan fingerprint density at radius 3 is 2.78 bits per heavy atom. The number of rotatable bonds is 4. The third-order valence-corrected chi connectivity index (χ3v) is 2.43. The highest BCUT2D eigenvalue weighted by Gasteiger charge is 2.16. The van der Waals surface area contributed by atoms with Crippen LogP contribution < -0.4 is 5.32 Å². The summed E-state index contributed by atoms with van der Waals surface area (Å²) >= 11 is 5.55. The van der Waals surface area contributed by atoms with Crippen molar-refractivity contribution in [2.24, 2.45) is 5.16 Å². The van der Waals surface area contributed by atoms with E-state index >= 15 is 0 Å². The molecule has 0 unspecified atom stereocenters. The normalized spacial score (nSPS) is 11.1. The minimum Gasteiger partial charge on any atom is -0.410 e. The Hall–Kier alpha value is -2.15. The second-order valence-electron chi connectivity index (χ2n) is 3.40. The van der Waals surface area contributed by atoms with Gasteiger partial charge in [-0.3, -0.25) is 14.9 Å². The number of hydrogen-bond acceptors (Lipinski definition) is 5. The summed E-state index contributed by atoms with van der Waals surface area (Å²) in [5, 5.41) is 24.3. The van der Waals surface area contributed by atoms with Crippen molar-refractivity contribution < 1.29 is 14.9 Å². The first-order valence-corrected chi connectivity index (χ1v) is 5.23. The molecule has 1 aromatic carbocycles. The molecule has 2 N–H and O–H groups in total. The van der Waals surface area contributed by atoms with Crippen LogP contribution in [-0.4, -0.2) is 21.2 Å². The summed E-state index contributed by atoms with van der Waals surface area (Å²) in [5.41, 5.74) is 0.349. The Labute approximate surface area is 107 Å². The highest BCUT2D eigenvalue weighted by Crippen LogP contribution is 2.21. The van der Waals surface area contributed by atoms with Gasteiger partial charge < -0.3 is 10.5 Å². The average molecular weight is 272 g/mol. The monoisotopic (exact) mass is 271 g/mol.